The summed E-state index contributed by atoms with van der Waals surface area (Å²) in [5.74, 6) is 0.836. The highest BCUT2D eigenvalue weighted by Gasteiger charge is 2.25. The quantitative estimate of drug-likeness (QED) is 0.946. The molecule has 0 spiro atoms. The lowest BCUT2D eigenvalue weighted by Crippen LogP contribution is -2.42. The molecular formula is C16H17NO3S. The van der Waals surface area contributed by atoms with Crippen LogP contribution in [-0.4, -0.2) is 21.1 Å². The third-order valence-corrected chi connectivity index (χ3v) is 5.07. The van der Waals surface area contributed by atoms with Crippen molar-refractivity contribution in [3.63, 3.8) is 0 Å². The first-order valence-electron chi connectivity index (χ1n) is 6.84. The molecule has 1 N–H and O–H groups in total. The molecule has 2 aromatic rings. The summed E-state index contributed by atoms with van der Waals surface area (Å²) >= 11 is 0. The van der Waals surface area contributed by atoms with Crippen molar-refractivity contribution in [1.82, 2.24) is 4.72 Å². The van der Waals surface area contributed by atoms with Crippen molar-refractivity contribution in [3.8, 4) is 5.75 Å². The van der Waals surface area contributed by atoms with Crippen molar-refractivity contribution in [2.75, 3.05) is 6.61 Å². The van der Waals surface area contributed by atoms with E-state index in [0.717, 1.165) is 16.9 Å². The number of benzene rings is 2. The van der Waals surface area contributed by atoms with E-state index in [1.54, 1.807) is 24.3 Å². The van der Waals surface area contributed by atoms with Gasteiger partial charge >= 0.3 is 0 Å². The standard InChI is InChI=1S/C16H17NO3S/c1-12-6-8-15(9-7-12)21(18,19)17-14-10-13-4-2-3-5-16(13)20-11-14/h2-9,14,17H,10-11H2,1H3. The second-order valence-electron chi connectivity index (χ2n) is 5.25. The highest BCUT2D eigenvalue weighted by Crippen LogP contribution is 2.24. The van der Waals surface area contributed by atoms with E-state index in [-0.39, 0.29) is 10.9 Å². The van der Waals surface area contributed by atoms with Crippen molar-refractivity contribution in [2.45, 2.75) is 24.3 Å². The molecule has 0 aliphatic carbocycles. The maximum atomic E-state index is 12.4. The Labute approximate surface area is 124 Å². The van der Waals surface area contributed by atoms with Gasteiger partial charge in [0.05, 0.1) is 10.9 Å². The summed E-state index contributed by atoms with van der Waals surface area (Å²) in [5, 5.41) is 0. The Morgan fingerprint density at radius 1 is 1.10 bits per heavy atom. The van der Waals surface area contributed by atoms with Crippen LogP contribution < -0.4 is 9.46 Å². The maximum absolute atomic E-state index is 12.4. The molecule has 1 unspecified atom stereocenters. The van der Waals surface area contributed by atoms with Gasteiger partial charge in [-0.25, -0.2) is 13.1 Å². The van der Waals surface area contributed by atoms with Gasteiger partial charge in [-0.3, -0.25) is 0 Å². The highest BCUT2D eigenvalue weighted by atomic mass is 32.2. The van der Waals surface area contributed by atoms with Crippen molar-refractivity contribution >= 4 is 10.0 Å². The lowest BCUT2D eigenvalue weighted by molar-refractivity contribution is 0.254. The lowest BCUT2D eigenvalue weighted by Gasteiger charge is -2.25. The predicted octanol–water partition coefficient (Wildman–Crippen LogP) is 2.28. The number of para-hydroxylation sites is 1. The van der Waals surface area contributed by atoms with Crippen molar-refractivity contribution in [2.24, 2.45) is 0 Å². The zero-order valence-electron chi connectivity index (χ0n) is 11.7. The van der Waals surface area contributed by atoms with Crippen LogP contribution in [0.4, 0.5) is 0 Å². The number of hydrogen-bond donors (Lipinski definition) is 1. The van der Waals surface area contributed by atoms with Crippen LogP contribution in [0.1, 0.15) is 11.1 Å². The zero-order valence-corrected chi connectivity index (χ0v) is 12.6. The maximum Gasteiger partial charge on any atom is 0.240 e. The van der Waals surface area contributed by atoms with E-state index in [1.165, 1.54) is 0 Å². The van der Waals surface area contributed by atoms with Gasteiger partial charge in [-0.15, -0.1) is 0 Å². The normalized spacial score (nSPS) is 17.9. The van der Waals surface area contributed by atoms with Gasteiger partial charge in [0.1, 0.15) is 12.4 Å². The number of ether oxygens (including phenoxy) is 1. The molecular weight excluding hydrogens is 286 g/mol. The van der Waals surface area contributed by atoms with E-state index in [0.29, 0.717) is 13.0 Å². The first kappa shape index (κ1) is 14.1. The van der Waals surface area contributed by atoms with E-state index in [9.17, 15) is 8.42 Å². The van der Waals surface area contributed by atoms with Crippen molar-refractivity contribution in [1.29, 1.82) is 0 Å². The number of rotatable bonds is 3. The molecule has 1 atom stereocenters. The second-order valence-corrected chi connectivity index (χ2v) is 6.97. The van der Waals surface area contributed by atoms with E-state index in [2.05, 4.69) is 4.72 Å². The number of sulfonamides is 1. The molecule has 0 bridgehead atoms. The Balaban J connectivity index is 1.77. The van der Waals surface area contributed by atoms with E-state index in [1.807, 2.05) is 31.2 Å². The Kier molecular flexibility index (Phi) is 3.69. The summed E-state index contributed by atoms with van der Waals surface area (Å²) in [5.41, 5.74) is 2.06. The molecule has 0 aromatic heterocycles. The molecule has 0 fully saturated rings. The molecule has 21 heavy (non-hydrogen) atoms. The fourth-order valence-electron chi connectivity index (χ4n) is 2.41. The summed E-state index contributed by atoms with van der Waals surface area (Å²) in [6.45, 7) is 2.28. The molecule has 4 nitrogen and oxygen atoms in total. The van der Waals surface area contributed by atoms with Crippen LogP contribution in [0.15, 0.2) is 53.4 Å². The Morgan fingerprint density at radius 3 is 2.57 bits per heavy atom. The Bertz CT molecular complexity index is 738. The van der Waals surface area contributed by atoms with E-state index in [4.69, 9.17) is 4.74 Å². The number of aryl methyl sites for hydroxylation is 1. The van der Waals surface area contributed by atoms with Gasteiger partial charge in [0.15, 0.2) is 0 Å². The molecule has 2 aromatic carbocycles. The SMILES string of the molecule is Cc1ccc(S(=O)(=O)NC2COc3ccccc3C2)cc1. The lowest BCUT2D eigenvalue weighted by atomic mass is 10.0. The molecule has 1 aliphatic heterocycles. The third kappa shape index (κ3) is 3.09. The molecule has 0 saturated heterocycles. The van der Waals surface area contributed by atoms with Gasteiger partial charge in [-0.1, -0.05) is 35.9 Å². The van der Waals surface area contributed by atoms with Gasteiger partial charge < -0.3 is 4.74 Å². The molecule has 0 radical (unpaired) electrons. The summed E-state index contributed by atoms with van der Waals surface area (Å²) in [6, 6.07) is 14.3. The van der Waals surface area contributed by atoms with Crippen LogP contribution in [0.25, 0.3) is 0 Å². The fourth-order valence-corrected chi connectivity index (χ4v) is 3.63. The minimum Gasteiger partial charge on any atom is -0.492 e. The van der Waals surface area contributed by atoms with Crippen LogP contribution in [0, 0.1) is 6.92 Å². The topological polar surface area (TPSA) is 55.4 Å². The largest absolute Gasteiger partial charge is 0.492 e. The fraction of sp³-hybridized carbons (Fsp3) is 0.250. The minimum absolute atomic E-state index is 0.244. The molecule has 5 heteroatoms. The smallest absolute Gasteiger partial charge is 0.240 e. The molecule has 3 rings (SSSR count). The number of nitrogens with one attached hydrogen (secondary N) is 1. The average molecular weight is 303 g/mol. The van der Waals surface area contributed by atoms with Gasteiger partial charge in [-0.05, 0) is 37.1 Å². The van der Waals surface area contributed by atoms with Crippen molar-refractivity contribution < 1.29 is 13.2 Å². The molecule has 1 aliphatic rings. The van der Waals surface area contributed by atoms with Gasteiger partial charge in [0.25, 0.3) is 0 Å². The van der Waals surface area contributed by atoms with E-state index >= 15 is 0 Å². The molecule has 0 saturated carbocycles. The summed E-state index contributed by atoms with van der Waals surface area (Å²) < 4.78 is 33.0. The first-order chi connectivity index (χ1) is 10.0. The molecule has 1 heterocycles. The van der Waals surface area contributed by atoms with Crippen LogP contribution in [0.3, 0.4) is 0 Å². The van der Waals surface area contributed by atoms with Crippen LogP contribution in [-0.2, 0) is 16.4 Å². The van der Waals surface area contributed by atoms with Gasteiger partial charge in [-0.2, -0.15) is 0 Å². The monoisotopic (exact) mass is 303 g/mol. The highest BCUT2D eigenvalue weighted by molar-refractivity contribution is 7.89. The summed E-state index contributed by atoms with van der Waals surface area (Å²) in [6.07, 6.45) is 0.640. The second kappa shape index (κ2) is 5.50. The van der Waals surface area contributed by atoms with Gasteiger partial charge in [0.2, 0.25) is 10.0 Å². The average Bonchev–Trinajstić information content (AvgIpc) is 2.47. The number of hydrogen-bond acceptors (Lipinski definition) is 3. The third-order valence-electron chi connectivity index (χ3n) is 3.53. The first-order valence-corrected chi connectivity index (χ1v) is 8.32. The van der Waals surface area contributed by atoms with Crippen LogP contribution >= 0.6 is 0 Å². The van der Waals surface area contributed by atoms with Gasteiger partial charge in [0, 0.05) is 0 Å². The zero-order chi connectivity index (χ0) is 14.9. The minimum atomic E-state index is -3.51. The molecule has 0 amide bonds. The summed E-state index contributed by atoms with van der Waals surface area (Å²) in [4.78, 5) is 0.284. The predicted molar refractivity (Wildman–Crippen MR) is 80.9 cm³/mol. The Hall–Kier alpha value is -1.85. The number of fused-ring (bicyclic) bond motifs is 1. The van der Waals surface area contributed by atoms with Crippen molar-refractivity contribution in [3.05, 3.63) is 59.7 Å². The van der Waals surface area contributed by atoms with Crippen LogP contribution in [0.5, 0.6) is 5.75 Å². The van der Waals surface area contributed by atoms with Crippen LogP contribution in [0.2, 0.25) is 0 Å². The molecule has 110 valence electrons. The van der Waals surface area contributed by atoms with E-state index < -0.39 is 10.0 Å². The summed E-state index contributed by atoms with van der Waals surface area (Å²) in [7, 11) is -3.51. The Morgan fingerprint density at radius 2 is 1.81 bits per heavy atom.